The van der Waals surface area contributed by atoms with Crippen molar-refractivity contribution in [1.29, 1.82) is 0 Å². The summed E-state index contributed by atoms with van der Waals surface area (Å²) >= 11 is 6.00. The fourth-order valence-corrected chi connectivity index (χ4v) is 2.10. The van der Waals surface area contributed by atoms with Crippen molar-refractivity contribution in [1.82, 2.24) is 0 Å². The molecule has 27 heavy (non-hydrogen) atoms. The Kier molecular flexibility index (Phi) is 9.68. The molecule has 2 aromatic carbocycles. The monoisotopic (exact) mass is 392 g/mol. The highest BCUT2D eigenvalue weighted by Gasteiger charge is 2.10. The highest BCUT2D eigenvalue weighted by molar-refractivity contribution is 6.31. The minimum atomic E-state index is -0.443. The van der Waals surface area contributed by atoms with E-state index in [4.69, 9.17) is 21.1 Å². The van der Waals surface area contributed by atoms with Gasteiger partial charge in [0.05, 0.1) is 12.2 Å². The van der Waals surface area contributed by atoms with Crippen LogP contribution in [0.5, 0.6) is 11.5 Å². The van der Waals surface area contributed by atoms with Crippen LogP contribution in [0.1, 0.15) is 45.7 Å². The van der Waals surface area contributed by atoms with Gasteiger partial charge >= 0.3 is 0 Å². The van der Waals surface area contributed by atoms with E-state index in [1.807, 2.05) is 63.2 Å². The number of rotatable bonds is 6. The maximum absolute atomic E-state index is 9.21. The molecular weight excluding hydrogens is 360 g/mol. The zero-order chi connectivity index (χ0) is 20.6. The normalized spacial score (nSPS) is 14.0. The number of ether oxygens (including phenoxy) is 2. The molecule has 2 rings (SSSR count). The molecule has 0 fully saturated rings. The second-order valence-electron chi connectivity index (χ2n) is 7.35. The van der Waals surface area contributed by atoms with E-state index in [0.29, 0.717) is 5.92 Å². The first kappa shape index (κ1) is 23.3. The van der Waals surface area contributed by atoms with E-state index < -0.39 is 6.10 Å². The maximum Gasteiger partial charge on any atom is 0.121 e. The molecule has 0 aliphatic carbocycles. The van der Waals surface area contributed by atoms with Crippen molar-refractivity contribution in [2.45, 2.75) is 66.8 Å². The van der Waals surface area contributed by atoms with Gasteiger partial charge in [0.15, 0.2) is 0 Å². The van der Waals surface area contributed by atoms with E-state index in [1.54, 1.807) is 6.92 Å². The first-order valence-electron chi connectivity index (χ1n) is 9.44. The lowest BCUT2D eigenvalue weighted by Crippen LogP contribution is -2.25. The van der Waals surface area contributed by atoms with Gasteiger partial charge in [0.1, 0.15) is 17.6 Å². The Morgan fingerprint density at radius 1 is 0.778 bits per heavy atom. The van der Waals surface area contributed by atoms with Gasteiger partial charge in [-0.3, -0.25) is 0 Å². The van der Waals surface area contributed by atoms with Crippen LogP contribution in [0.4, 0.5) is 0 Å². The van der Waals surface area contributed by atoms with Crippen LogP contribution in [0.3, 0.4) is 0 Å². The van der Waals surface area contributed by atoms with Gasteiger partial charge in [-0.25, -0.2) is 0 Å². The first-order valence-corrected chi connectivity index (χ1v) is 9.82. The average Bonchev–Trinajstić information content (AvgIpc) is 2.60. The molecule has 1 N–H and O–H groups in total. The number of benzene rings is 2. The highest BCUT2D eigenvalue weighted by Crippen LogP contribution is 2.23. The van der Waals surface area contributed by atoms with Gasteiger partial charge in [-0.15, -0.1) is 0 Å². The summed E-state index contributed by atoms with van der Waals surface area (Å²) in [6.07, 6.45) is -0.391. The minimum Gasteiger partial charge on any atom is -0.490 e. The van der Waals surface area contributed by atoms with Crippen molar-refractivity contribution in [2.24, 2.45) is 5.92 Å². The van der Waals surface area contributed by atoms with Crippen LogP contribution in [-0.2, 0) is 0 Å². The number of aryl methyl sites for hydroxylation is 2. The Bertz CT molecular complexity index is 681. The highest BCUT2D eigenvalue weighted by atomic mass is 35.5. The van der Waals surface area contributed by atoms with Crippen molar-refractivity contribution in [3.8, 4) is 11.5 Å². The molecule has 0 aromatic heterocycles. The molecule has 3 atom stereocenters. The minimum absolute atomic E-state index is 0.164. The van der Waals surface area contributed by atoms with Crippen molar-refractivity contribution in [3.63, 3.8) is 0 Å². The summed E-state index contributed by atoms with van der Waals surface area (Å²) in [4.78, 5) is 0. The number of hydrogen-bond donors (Lipinski definition) is 1. The first-order chi connectivity index (χ1) is 12.6. The van der Waals surface area contributed by atoms with Gasteiger partial charge in [-0.05, 0) is 70.4 Å². The molecule has 150 valence electrons. The second-order valence-corrected chi connectivity index (χ2v) is 7.76. The summed E-state index contributed by atoms with van der Waals surface area (Å²) in [5.41, 5.74) is 2.29. The van der Waals surface area contributed by atoms with Crippen LogP contribution in [0.15, 0.2) is 42.5 Å². The Hall–Kier alpha value is -1.71. The molecule has 4 heteroatoms. The summed E-state index contributed by atoms with van der Waals surface area (Å²) in [6, 6.07) is 13.6. The number of aliphatic hydroxyl groups excluding tert-OH is 1. The molecule has 0 aliphatic rings. The van der Waals surface area contributed by atoms with E-state index in [-0.39, 0.29) is 12.2 Å². The number of hydrogen-bond acceptors (Lipinski definition) is 3. The van der Waals surface area contributed by atoms with Crippen LogP contribution in [0, 0.1) is 19.8 Å². The van der Waals surface area contributed by atoms with Gasteiger partial charge in [0, 0.05) is 5.02 Å². The fraction of sp³-hybridized carbons (Fsp3) is 0.478. The molecule has 0 aliphatic heterocycles. The average molecular weight is 393 g/mol. The third-order valence-corrected chi connectivity index (χ3v) is 4.83. The van der Waals surface area contributed by atoms with Crippen molar-refractivity contribution in [2.75, 3.05) is 0 Å². The predicted octanol–water partition coefficient (Wildman–Crippen LogP) is 6.21. The lowest BCUT2D eigenvalue weighted by molar-refractivity contribution is 0.0604. The summed E-state index contributed by atoms with van der Waals surface area (Å²) in [5.74, 6) is 2.16. The molecule has 3 nitrogen and oxygen atoms in total. The molecule has 0 heterocycles. The van der Waals surface area contributed by atoms with Crippen LogP contribution in [0.25, 0.3) is 0 Å². The summed E-state index contributed by atoms with van der Waals surface area (Å²) in [6.45, 7) is 13.9. The number of aliphatic hydroxyl groups is 1. The van der Waals surface area contributed by atoms with E-state index in [2.05, 4.69) is 20.8 Å². The van der Waals surface area contributed by atoms with Crippen molar-refractivity contribution >= 4 is 11.6 Å². The summed E-state index contributed by atoms with van der Waals surface area (Å²) < 4.78 is 11.2. The van der Waals surface area contributed by atoms with Gasteiger partial charge in [-0.1, -0.05) is 49.2 Å². The third-order valence-electron chi connectivity index (χ3n) is 4.43. The lowest BCUT2D eigenvalue weighted by Gasteiger charge is -2.18. The van der Waals surface area contributed by atoms with E-state index in [0.717, 1.165) is 22.1 Å². The van der Waals surface area contributed by atoms with Crippen LogP contribution in [-0.4, -0.2) is 23.4 Å². The summed E-state index contributed by atoms with van der Waals surface area (Å²) in [5, 5.41) is 9.97. The molecule has 0 saturated carbocycles. The zero-order valence-electron chi connectivity index (χ0n) is 17.5. The molecule has 0 bridgehead atoms. The van der Waals surface area contributed by atoms with Crippen LogP contribution < -0.4 is 9.47 Å². The lowest BCUT2D eigenvalue weighted by atomic mass is 10.1. The topological polar surface area (TPSA) is 38.7 Å². The Morgan fingerprint density at radius 3 is 1.78 bits per heavy atom. The standard InChI is InChI=1S/C12H17ClO.C11H16O2/c1-8(2)10(4)14-11-6-5-9(3)12(13)7-11;1-8-4-6-11(7-5-8)13-10(3)9(2)12/h5-8,10H,1-4H3;4-7,9-10,12H,1-3H3/t10-;9-,10+/m10/s1. The third kappa shape index (κ3) is 8.68. The van der Waals surface area contributed by atoms with Crippen molar-refractivity contribution in [3.05, 3.63) is 58.6 Å². The maximum atomic E-state index is 9.21. The molecule has 0 saturated heterocycles. The Balaban J connectivity index is 0.000000271. The second kappa shape index (κ2) is 11.2. The van der Waals surface area contributed by atoms with Crippen molar-refractivity contribution < 1.29 is 14.6 Å². The molecule has 0 amide bonds. The molecule has 0 spiro atoms. The van der Waals surface area contributed by atoms with E-state index >= 15 is 0 Å². The van der Waals surface area contributed by atoms with Gasteiger partial charge in [0.25, 0.3) is 0 Å². The predicted molar refractivity (Wildman–Crippen MR) is 114 cm³/mol. The van der Waals surface area contributed by atoms with Crippen LogP contribution >= 0.6 is 11.6 Å². The quantitative estimate of drug-likeness (QED) is 0.634. The molecule has 0 unspecified atom stereocenters. The van der Waals surface area contributed by atoms with Gasteiger partial charge < -0.3 is 14.6 Å². The van der Waals surface area contributed by atoms with E-state index in [1.165, 1.54) is 5.56 Å². The molecular formula is C23H33ClO3. The molecule has 0 radical (unpaired) electrons. The van der Waals surface area contributed by atoms with Gasteiger partial charge in [-0.2, -0.15) is 0 Å². The summed E-state index contributed by atoms with van der Waals surface area (Å²) in [7, 11) is 0. The largest absolute Gasteiger partial charge is 0.490 e. The Morgan fingerprint density at radius 2 is 1.30 bits per heavy atom. The number of halogens is 1. The zero-order valence-corrected chi connectivity index (χ0v) is 18.2. The van der Waals surface area contributed by atoms with E-state index in [9.17, 15) is 5.11 Å². The fourth-order valence-electron chi connectivity index (χ4n) is 1.93. The van der Waals surface area contributed by atoms with Crippen LogP contribution in [0.2, 0.25) is 5.02 Å². The van der Waals surface area contributed by atoms with Gasteiger partial charge in [0.2, 0.25) is 0 Å². The molecule has 2 aromatic rings. The Labute approximate surface area is 169 Å². The SMILES string of the molecule is Cc1ccc(O[C@H](C)C(C)C)cc1Cl.Cc1ccc(O[C@H](C)[C@H](C)O)cc1. The smallest absolute Gasteiger partial charge is 0.121 e.